The van der Waals surface area contributed by atoms with E-state index in [1.54, 1.807) is 38.1 Å². The van der Waals surface area contributed by atoms with Crippen LogP contribution in [0.3, 0.4) is 0 Å². The van der Waals surface area contributed by atoms with Gasteiger partial charge in [-0.15, -0.1) is 0 Å². The van der Waals surface area contributed by atoms with Crippen molar-refractivity contribution in [3.63, 3.8) is 0 Å². The molecule has 2 aromatic carbocycles. The van der Waals surface area contributed by atoms with Gasteiger partial charge >= 0.3 is 0 Å². The summed E-state index contributed by atoms with van der Waals surface area (Å²) >= 11 is 0. The van der Waals surface area contributed by atoms with Gasteiger partial charge in [0, 0.05) is 24.2 Å². The van der Waals surface area contributed by atoms with E-state index >= 15 is 0 Å². The number of nitrogens with one attached hydrogen (secondary N) is 2. The Morgan fingerprint density at radius 3 is 2.19 bits per heavy atom. The summed E-state index contributed by atoms with van der Waals surface area (Å²) in [6.45, 7) is 9.64. The van der Waals surface area contributed by atoms with Crippen molar-refractivity contribution in [3.8, 4) is 5.75 Å². The molecule has 0 saturated heterocycles. The summed E-state index contributed by atoms with van der Waals surface area (Å²) in [5.41, 5.74) is 0.309. The number of hydrogen-bond acceptors (Lipinski definition) is 5. The third-order valence-corrected chi connectivity index (χ3v) is 6.73. The Hall–Kier alpha value is -2.91. The lowest BCUT2D eigenvalue weighted by Gasteiger charge is -2.22. The molecule has 2 amide bonds. The van der Waals surface area contributed by atoms with Crippen molar-refractivity contribution in [1.82, 2.24) is 9.62 Å². The van der Waals surface area contributed by atoms with Crippen LogP contribution < -0.4 is 15.4 Å². The molecule has 0 spiro atoms. The highest BCUT2D eigenvalue weighted by atomic mass is 32.2. The SMILES string of the molecule is CCN(CC)S(=O)(=O)c1cc(C(=O)Nc2ccccc2C(=O)NC(C)(C)C)ccc1OC. The molecule has 0 fully saturated rings. The first kappa shape index (κ1) is 25.4. The van der Waals surface area contributed by atoms with Crippen molar-refractivity contribution >= 4 is 27.5 Å². The van der Waals surface area contributed by atoms with Crippen molar-refractivity contribution in [3.05, 3.63) is 53.6 Å². The lowest BCUT2D eigenvalue weighted by Crippen LogP contribution is -2.40. The van der Waals surface area contributed by atoms with E-state index in [0.29, 0.717) is 11.3 Å². The smallest absolute Gasteiger partial charge is 0.255 e. The van der Waals surface area contributed by atoms with Crippen LogP contribution in [0.2, 0.25) is 0 Å². The van der Waals surface area contributed by atoms with Gasteiger partial charge in [0.25, 0.3) is 11.8 Å². The number of para-hydroxylation sites is 1. The summed E-state index contributed by atoms with van der Waals surface area (Å²) in [5.74, 6) is -0.717. The Kier molecular flexibility index (Phi) is 8.03. The molecule has 174 valence electrons. The number of benzene rings is 2. The predicted molar refractivity (Wildman–Crippen MR) is 125 cm³/mol. The zero-order valence-corrected chi connectivity index (χ0v) is 20.2. The molecular weight excluding hydrogens is 430 g/mol. The maximum atomic E-state index is 13.0. The molecule has 0 aliphatic carbocycles. The standard InChI is InChI=1S/C23H31N3O5S/c1-7-26(8-2)32(29,30)20-15-16(13-14-19(20)31-6)21(27)24-18-12-10-9-11-17(18)22(28)25-23(3,4)5/h9-15H,7-8H2,1-6H3,(H,24,27)(H,25,28). The third kappa shape index (κ3) is 5.86. The first-order valence-electron chi connectivity index (χ1n) is 10.4. The van der Waals surface area contributed by atoms with Crippen LogP contribution in [-0.4, -0.2) is 50.3 Å². The van der Waals surface area contributed by atoms with E-state index in [0.717, 1.165) is 0 Å². The predicted octanol–water partition coefficient (Wildman–Crippen LogP) is 3.51. The molecule has 2 aromatic rings. The number of carbonyl (C=O) groups excluding carboxylic acids is 2. The monoisotopic (exact) mass is 461 g/mol. The van der Waals surface area contributed by atoms with E-state index in [2.05, 4.69) is 10.6 Å². The van der Waals surface area contributed by atoms with Crippen molar-refractivity contribution in [2.75, 3.05) is 25.5 Å². The fraction of sp³-hybridized carbons (Fsp3) is 0.391. The molecule has 2 N–H and O–H groups in total. The minimum atomic E-state index is -3.85. The number of methoxy groups -OCH3 is 1. The number of sulfonamides is 1. The van der Waals surface area contributed by atoms with Crippen molar-refractivity contribution in [1.29, 1.82) is 0 Å². The van der Waals surface area contributed by atoms with Crippen molar-refractivity contribution < 1.29 is 22.7 Å². The first-order valence-corrected chi connectivity index (χ1v) is 11.8. The highest BCUT2D eigenvalue weighted by Gasteiger charge is 2.27. The van der Waals surface area contributed by atoms with E-state index in [-0.39, 0.29) is 35.2 Å². The van der Waals surface area contributed by atoms with E-state index in [4.69, 9.17) is 4.74 Å². The Morgan fingerprint density at radius 1 is 1.00 bits per heavy atom. The number of nitrogens with zero attached hydrogens (tertiary/aromatic N) is 1. The molecule has 0 aliphatic heterocycles. The molecule has 8 nitrogen and oxygen atoms in total. The van der Waals surface area contributed by atoms with E-state index < -0.39 is 21.5 Å². The van der Waals surface area contributed by atoms with Gasteiger partial charge in [-0.1, -0.05) is 26.0 Å². The van der Waals surface area contributed by atoms with Gasteiger partial charge in [0.2, 0.25) is 10.0 Å². The van der Waals surface area contributed by atoms with Crippen LogP contribution in [0.5, 0.6) is 5.75 Å². The zero-order valence-electron chi connectivity index (χ0n) is 19.4. The van der Waals surface area contributed by atoms with Crippen LogP contribution in [0.15, 0.2) is 47.4 Å². The van der Waals surface area contributed by atoms with Gasteiger partial charge in [0.1, 0.15) is 10.6 Å². The minimum absolute atomic E-state index is 0.0879. The van der Waals surface area contributed by atoms with Gasteiger partial charge in [-0.2, -0.15) is 4.31 Å². The minimum Gasteiger partial charge on any atom is -0.495 e. The lowest BCUT2D eigenvalue weighted by atomic mass is 10.1. The highest BCUT2D eigenvalue weighted by molar-refractivity contribution is 7.89. The van der Waals surface area contributed by atoms with E-state index in [1.807, 2.05) is 20.8 Å². The average Bonchev–Trinajstić information content (AvgIpc) is 2.73. The Bertz CT molecular complexity index is 1090. The first-order chi connectivity index (χ1) is 14.9. The highest BCUT2D eigenvalue weighted by Crippen LogP contribution is 2.28. The summed E-state index contributed by atoms with van der Waals surface area (Å²) < 4.78 is 32.6. The second-order valence-electron chi connectivity index (χ2n) is 8.16. The van der Waals surface area contributed by atoms with Crippen LogP contribution >= 0.6 is 0 Å². The summed E-state index contributed by atoms with van der Waals surface area (Å²) in [5, 5.41) is 5.58. The molecule has 32 heavy (non-hydrogen) atoms. The maximum absolute atomic E-state index is 13.0. The van der Waals surface area contributed by atoms with Crippen LogP contribution in [0.4, 0.5) is 5.69 Å². The Morgan fingerprint density at radius 2 is 1.62 bits per heavy atom. The molecule has 0 saturated carbocycles. The molecule has 0 aliphatic rings. The van der Waals surface area contributed by atoms with E-state index in [9.17, 15) is 18.0 Å². The second kappa shape index (κ2) is 10.1. The van der Waals surface area contributed by atoms with Gasteiger partial charge in [-0.25, -0.2) is 8.42 Å². The quantitative estimate of drug-likeness (QED) is 0.626. The van der Waals surface area contributed by atoms with Crippen LogP contribution in [-0.2, 0) is 10.0 Å². The van der Waals surface area contributed by atoms with Gasteiger partial charge in [0.05, 0.1) is 18.4 Å². The molecule has 9 heteroatoms. The van der Waals surface area contributed by atoms with Gasteiger partial charge in [0.15, 0.2) is 0 Å². The molecule has 0 atom stereocenters. The molecule has 0 aromatic heterocycles. The lowest BCUT2D eigenvalue weighted by molar-refractivity contribution is 0.0920. The van der Waals surface area contributed by atoms with Crippen LogP contribution in [0, 0.1) is 0 Å². The molecule has 2 rings (SSSR count). The van der Waals surface area contributed by atoms with Crippen molar-refractivity contribution in [2.24, 2.45) is 0 Å². The number of carbonyl (C=O) groups is 2. The molecular formula is C23H31N3O5S. The normalized spacial score (nSPS) is 11.8. The van der Waals surface area contributed by atoms with Gasteiger partial charge in [-0.3, -0.25) is 9.59 Å². The largest absolute Gasteiger partial charge is 0.495 e. The molecule has 0 unspecified atom stereocenters. The maximum Gasteiger partial charge on any atom is 0.255 e. The van der Waals surface area contributed by atoms with Gasteiger partial charge < -0.3 is 15.4 Å². The topological polar surface area (TPSA) is 105 Å². The van der Waals surface area contributed by atoms with Crippen LogP contribution in [0.1, 0.15) is 55.3 Å². The summed E-state index contributed by atoms with van der Waals surface area (Å²) in [7, 11) is -2.48. The number of rotatable bonds is 8. The number of hydrogen-bond donors (Lipinski definition) is 2. The fourth-order valence-corrected chi connectivity index (χ4v) is 4.75. The molecule has 0 radical (unpaired) electrons. The number of amides is 2. The number of ether oxygens (including phenoxy) is 1. The number of anilines is 1. The summed E-state index contributed by atoms with van der Waals surface area (Å²) in [6, 6.07) is 10.9. The van der Waals surface area contributed by atoms with Crippen molar-refractivity contribution in [2.45, 2.75) is 45.1 Å². The van der Waals surface area contributed by atoms with Crippen LogP contribution in [0.25, 0.3) is 0 Å². The molecule has 0 bridgehead atoms. The Labute approximate surface area is 190 Å². The average molecular weight is 462 g/mol. The third-order valence-electron chi connectivity index (χ3n) is 4.66. The van der Waals surface area contributed by atoms with E-state index in [1.165, 1.54) is 29.6 Å². The van der Waals surface area contributed by atoms with Gasteiger partial charge in [-0.05, 0) is 51.1 Å². The Balaban J connectivity index is 2.42. The zero-order chi connectivity index (χ0) is 24.1. The summed E-state index contributed by atoms with van der Waals surface area (Å²) in [6.07, 6.45) is 0. The fourth-order valence-electron chi connectivity index (χ4n) is 3.11. The molecule has 0 heterocycles. The second-order valence-corrected chi connectivity index (χ2v) is 10.1. The summed E-state index contributed by atoms with van der Waals surface area (Å²) in [4.78, 5) is 25.5.